The van der Waals surface area contributed by atoms with Gasteiger partial charge in [0.05, 0.1) is 0 Å². The molecule has 8 heteroatoms. The monoisotopic (exact) mass is 339 g/mol. The largest absolute Gasteiger partial charge is 0.433 e. The molecule has 1 aromatic heterocycles. The molecule has 1 aromatic carbocycles. The summed E-state index contributed by atoms with van der Waals surface area (Å²) in [5.41, 5.74) is -1.49. The Morgan fingerprint density at radius 2 is 1.67 bits per heavy atom. The molecule has 0 aliphatic rings. The lowest BCUT2D eigenvalue weighted by Gasteiger charge is -2.15. The van der Waals surface area contributed by atoms with Crippen LogP contribution in [-0.4, -0.2) is 10.1 Å². The molecular formula is C13H7Cl2F4NO. The van der Waals surface area contributed by atoms with E-state index in [0.29, 0.717) is 6.07 Å². The van der Waals surface area contributed by atoms with Crippen molar-refractivity contribution in [2.45, 2.75) is 12.3 Å². The van der Waals surface area contributed by atoms with Crippen LogP contribution in [0.4, 0.5) is 17.6 Å². The summed E-state index contributed by atoms with van der Waals surface area (Å²) in [5, 5.41) is 9.63. The molecule has 2 aromatic rings. The lowest BCUT2D eigenvalue weighted by atomic mass is 10.0. The highest BCUT2D eigenvalue weighted by molar-refractivity contribution is 6.30. The highest BCUT2D eigenvalue weighted by atomic mass is 35.5. The molecule has 0 saturated carbocycles. The Hall–Kier alpha value is -1.37. The fourth-order valence-corrected chi connectivity index (χ4v) is 2.11. The molecule has 0 aliphatic heterocycles. The third-order valence-corrected chi connectivity index (χ3v) is 3.26. The number of aliphatic hydroxyl groups is 1. The van der Waals surface area contributed by atoms with Crippen LogP contribution in [0.2, 0.25) is 10.2 Å². The van der Waals surface area contributed by atoms with Crippen molar-refractivity contribution in [1.29, 1.82) is 0 Å². The summed E-state index contributed by atoms with van der Waals surface area (Å²) in [7, 11) is 0. The number of benzene rings is 1. The number of alkyl halides is 3. The zero-order valence-corrected chi connectivity index (χ0v) is 11.6. The van der Waals surface area contributed by atoms with Crippen molar-refractivity contribution in [3.63, 3.8) is 0 Å². The Labute approximate surface area is 127 Å². The average Bonchev–Trinajstić information content (AvgIpc) is 2.36. The molecule has 1 heterocycles. The second kappa shape index (κ2) is 5.79. The van der Waals surface area contributed by atoms with Crippen molar-refractivity contribution in [1.82, 2.24) is 4.98 Å². The van der Waals surface area contributed by atoms with E-state index in [9.17, 15) is 22.7 Å². The minimum Gasteiger partial charge on any atom is -0.383 e. The standard InChI is InChI=1S/C13H7Cl2F4NO/c14-6-1-2-7(9(16)5-6)11(21)8-3-4-10(13(17,18)19)20-12(8)15/h1-5,11,21H. The smallest absolute Gasteiger partial charge is 0.383 e. The lowest BCUT2D eigenvalue weighted by Crippen LogP contribution is -2.10. The average molecular weight is 340 g/mol. The molecule has 1 N–H and O–H groups in total. The number of nitrogens with zero attached hydrogens (tertiary/aromatic N) is 1. The van der Waals surface area contributed by atoms with E-state index in [2.05, 4.69) is 4.98 Å². The van der Waals surface area contributed by atoms with Crippen molar-refractivity contribution < 1.29 is 22.7 Å². The maximum Gasteiger partial charge on any atom is 0.433 e. The first kappa shape index (κ1) is 16.0. The molecule has 0 spiro atoms. The van der Waals surface area contributed by atoms with Gasteiger partial charge in [-0.2, -0.15) is 13.2 Å². The first-order chi connectivity index (χ1) is 9.70. The molecule has 0 saturated heterocycles. The molecule has 1 atom stereocenters. The van der Waals surface area contributed by atoms with Gasteiger partial charge in [-0.3, -0.25) is 0 Å². The van der Waals surface area contributed by atoms with Crippen LogP contribution in [0.3, 0.4) is 0 Å². The van der Waals surface area contributed by atoms with Gasteiger partial charge in [0.2, 0.25) is 0 Å². The first-order valence-electron chi connectivity index (χ1n) is 5.57. The molecule has 0 amide bonds. The summed E-state index contributed by atoms with van der Waals surface area (Å²) in [5.74, 6) is -0.800. The molecule has 2 nitrogen and oxygen atoms in total. The summed E-state index contributed by atoms with van der Waals surface area (Å²) < 4.78 is 51.1. The van der Waals surface area contributed by atoms with Gasteiger partial charge < -0.3 is 5.11 Å². The predicted octanol–water partition coefficient (Wildman–Crippen LogP) is 4.63. The van der Waals surface area contributed by atoms with Crippen molar-refractivity contribution >= 4 is 23.2 Å². The Morgan fingerprint density at radius 1 is 1.05 bits per heavy atom. The van der Waals surface area contributed by atoms with E-state index in [4.69, 9.17) is 23.2 Å². The number of rotatable bonds is 2. The van der Waals surface area contributed by atoms with Crippen LogP contribution < -0.4 is 0 Å². The van der Waals surface area contributed by atoms with E-state index in [1.54, 1.807) is 0 Å². The maximum atomic E-state index is 13.7. The molecule has 21 heavy (non-hydrogen) atoms. The number of aromatic nitrogens is 1. The van der Waals surface area contributed by atoms with Gasteiger partial charge in [-0.15, -0.1) is 0 Å². The van der Waals surface area contributed by atoms with Crippen LogP contribution >= 0.6 is 23.2 Å². The normalized spacial score (nSPS) is 13.3. The molecule has 112 valence electrons. The number of halogens is 6. The molecule has 0 bridgehead atoms. The van der Waals surface area contributed by atoms with E-state index >= 15 is 0 Å². The summed E-state index contributed by atoms with van der Waals surface area (Å²) >= 11 is 11.2. The van der Waals surface area contributed by atoms with Crippen molar-refractivity contribution in [2.75, 3.05) is 0 Å². The molecule has 2 rings (SSSR count). The van der Waals surface area contributed by atoms with Crippen molar-refractivity contribution in [3.8, 4) is 0 Å². The molecule has 0 aliphatic carbocycles. The third-order valence-electron chi connectivity index (χ3n) is 2.72. The van der Waals surface area contributed by atoms with Crippen LogP contribution in [0.15, 0.2) is 30.3 Å². The highest BCUT2D eigenvalue weighted by Gasteiger charge is 2.33. The minimum absolute atomic E-state index is 0.125. The van der Waals surface area contributed by atoms with Crippen LogP contribution in [0.1, 0.15) is 22.9 Å². The summed E-state index contributed by atoms with van der Waals surface area (Å²) in [6, 6.07) is 5.16. The van der Waals surface area contributed by atoms with Crippen LogP contribution in [0.25, 0.3) is 0 Å². The van der Waals surface area contributed by atoms with Crippen LogP contribution in [0.5, 0.6) is 0 Å². The van der Waals surface area contributed by atoms with Gasteiger partial charge in [-0.1, -0.05) is 35.3 Å². The van der Waals surface area contributed by atoms with Gasteiger partial charge in [-0.05, 0) is 18.2 Å². The van der Waals surface area contributed by atoms with Crippen molar-refractivity contribution in [3.05, 3.63) is 63.1 Å². The third kappa shape index (κ3) is 3.45. The molecule has 0 fully saturated rings. The Balaban J connectivity index is 2.42. The van der Waals surface area contributed by atoms with Gasteiger partial charge in [0, 0.05) is 16.1 Å². The summed E-state index contributed by atoms with van der Waals surface area (Å²) in [4.78, 5) is 3.17. The predicted molar refractivity (Wildman–Crippen MR) is 69.7 cm³/mol. The van der Waals surface area contributed by atoms with Crippen LogP contribution in [0, 0.1) is 5.82 Å². The zero-order chi connectivity index (χ0) is 15.8. The first-order valence-corrected chi connectivity index (χ1v) is 6.32. The van der Waals surface area contributed by atoms with E-state index in [0.717, 1.165) is 12.1 Å². The summed E-state index contributed by atoms with van der Waals surface area (Å²) in [6.45, 7) is 0. The quantitative estimate of drug-likeness (QED) is 0.639. The Kier molecular flexibility index (Phi) is 4.41. The highest BCUT2D eigenvalue weighted by Crippen LogP contribution is 2.33. The molecule has 0 radical (unpaired) electrons. The fraction of sp³-hybridized carbons (Fsp3) is 0.154. The second-order valence-electron chi connectivity index (χ2n) is 4.14. The number of hydrogen-bond donors (Lipinski definition) is 1. The SMILES string of the molecule is OC(c1ccc(Cl)cc1F)c1ccc(C(F)(F)F)nc1Cl. The maximum absolute atomic E-state index is 13.7. The topological polar surface area (TPSA) is 33.1 Å². The van der Waals surface area contributed by atoms with Gasteiger partial charge in [0.15, 0.2) is 0 Å². The number of hydrogen-bond acceptors (Lipinski definition) is 2. The number of aliphatic hydroxyl groups excluding tert-OH is 1. The van der Waals surface area contributed by atoms with Gasteiger partial charge in [0.25, 0.3) is 0 Å². The fourth-order valence-electron chi connectivity index (χ4n) is 1.70. The van der Waals surface area contributed by atoms with Gasteiger partial charge in [0.1, 0.15) is 22.8 Å². The van der Waals surface area contributed by atoms with Gasteiger partial charge in [-0.25, -0.2) is 9.37 Å². The molecular weight excluding hydrogens is 333 g/mol. The minimum atomic E-state index is -4.65. The number of pyridine rings is 1. The van der Waals surface area contributed by atoms with Gasteiger partial charge >= 0.3 is 6.18 Å². The Bertz CT molecular complexity index is 676. The van der Waals surface area contributed by atoms with E-state index in [1.165, 1.54) is 12.1 Å². The molecule has 1 unspecified atom stereocenters. The Morgan fingerprint density at radius 3 is 2.19 bits per heavy atom. The second-order valence-corrected chi connectivity index (χ2v) is 4.94. The van der Waals surface area contributed by atoms with E-state index in [-0.39, 0.29) is 16.1 Å². The van der Waals surface area contributed by atoms with Crippen LogP contribution in [-0.2, 0) is 6.18 Å². The van der Waals surface area contributed by atoms with E-state index < -0.39 is 28.9 Å². The lowest BCUT2D eigenvalue weighted by molar-refractivity contribution is -0.141. The van der Waals surface area contributed by atoms with E-state index in [1.807, 2.05) is 0 Å². The zero-order valence-electron chi connectivity index (χ0n) is 10.1. The van der Waals surface area contributed by atoms with Crippen molar-refractivity contribution in [2.24, 2.45) is 0 Å². The summed E-state index contributed by atoms with van der Waals surface area (Å²) in [6.07, 6.45) is -6.21.